The van der Waals surface area contributed by atoms with Gasteiger partial charge in [0.05, 0.1) is 11.8 Å². The Balaban J connectivity index is 1.67. The third-order valence-electron chi connectivity index (χ3n) is 4.03. The lowest BCUT2D eigenvalue weighted by Crippen LogP contribution is -2.21. The molecular formula is C14H22N2O. The molecule has 1 aromatic heterocycles. The predicted molar refractivity (Wildman–Crippen MR) is 67.1 cm³/mol. The summed E-state index contributed by atoms with van der Waals surface area (Å²) in [5.41, 5.74) is 2.70. The Labute approximate surface area is 103 Å². The van der Waals surface area contributed by atoms with Gasteiger partial charge in [0.2, 0.25) is 0 Å². The summed E-state index contributed by atoms with van der Waals surface area (Å²) in [6.45, 7) is 3.26. The summed E-state index contributed by atoms with van der Waals surface area (Å²) in [6.07, 6.45) is 8.71. The molecule has 3 rings (SSSR count). The number of hydrogen-bond acceptors (Lipinski definition) is 2. The SMILES string of the molecule is CC1CCc2nc(CC3CCCCO3)[nH]c2C1. The summed E-state index contributed by atoms with van der Waals surface area (Å²) in [5.74, 6) is 1.96. The maximum absolute atomic E-state index is 5.78. The second-order valence-electron chi connectivity index (χ2n) is 5.65. The van der Waals surface area contributed by atoms with Gasteiger partial charge < -0.3 is 9.72 Å². The van der Waals surface area contributed by atoms with Gasteiger partial charge in [-0.1, -0.05) is 6.92 Å². The summed E-state index contributed by atoms with van der Waals surface area (Å²) in [7, 11) is 0. The fourth-order valence-electron chi connectivity index (χ4n) is 2.99. The number of ether oxygens (including phenoxy) is 1. The second kappa shape index (κ2) is 4.81. The quantitative estimate of drug-likeness (QED) is 0.854. The molecule has 0 aromatic carbocycles. The van der Waals surface area contributed by atoms with Crippen molar-refractivity contribution in [1.29, 1.82) is 0 Å². The van der Waals surface area contributed by atoms with Crippen LogP contribution in [0.3, 0.4) is 0 Å². The topological polar surface area (TPSA) is 37.9 Å². The van der Waals surface area contributed by atoms with Crippen LogP contribution in [0.5, 0.6) is 0 Å². The number of nitrogens with zero attached hydrogens (tertiary/aromatic N) is 1. The molecular weight excluding hydrogens is 212 g/mol. The number of nitrogens with one attached hydrogen (secondary N) is 1. The molecule has 1 saturated heterocycles. The number of aromatic amines is 1. The lowest BCUT2D eigenvalue weighted by molar-refractivity contribution is 0.0157. The molecule has 17 heavy (non-hydrogen) atoms. The van der Waals surface area contributed by atoms with E-state index < -0.39 is 0 Å². The summed E-state index contributed by atoms with van der Waals surface area (Å²) in [5, 5.41) is 0. The smallest absolute Gasteiger partial charge is 0.109 e. The average molecular weight is 234 g/mol. The molecule has 1 aliphatic heterocycles. The van der Waals surface area contributed by atoms with Gasteiger partial charge >= 0.3 is 0 Å². The first-order valence-corrected chi connectivity index (χ1v) is 6.99. The Morgan fingerprint density at radius 1 is 1.35 bits per heavy atom. The van der Waals surface area contributed by atoms with Crippen molar-refractivity contribution in [2.24, 2.45) is 5.92 Å². The van der Waals surface area contributed by atoms with Gasteiger partial charge in [0.1, 0.15) is 5.82 Å². The summed E-state index contributed by atoms with van der Waals surface area (Å²) < 4.78 is 5.78. The highest BCUT2D eigenvalue weighted by Crippen LogP contribution is 2.24. The van der Waals surface area contributed by atoms with Crippen LogP contribution in [-0.2, 0) is 24.0 Å². The van der Waals surface area contributed by atoms with E-state index in [2.05, 4.69) is 11.9 Å². The fraction of sp³-hybridized carbons (Fsp3) is 0.786. The van der Waals surface area contributed by atoms with Crippen molar-refractivity contribution in [2.45, 2.75) is 58.0 Å². The molecule has 0 bridgehead atoms. The number of rotatable bonds is 2. The Morgan fingerprint density at radius 3 is 3.12 bits per heavy atom. The van der Waals surface area contributed by atoms with Gasteiger partial charge in [0.15, 0.2) is 0 Å². The molecule has 0 amide bonds. The highest BCUT2D eigenvalue weighted by atomic mass is 16.5. The van der Waals surface area contributed by atoms with Crippen LogP contribution in [0.15, 0.2) is 0 Å². The first-order valence-electron chi connectivity index (χ1n) is 6.99. The van der Waals surface area contributed by atoms with E-state index in [0.717, 1.165) is 31.2 Å². The van der Waals surface area contributed by atoms with Gasteiger partial charge in [0.25, 0.3) is 0 Å². The number of aromatic nitrogens is 2. The molecule has 3 nitrogen and oxygen atoms in total. The fourth-order valence-corrected chi connectivity index (χ4v) is 2.99. The summed E-state index contributed by atoms with van der Waals surface area (Å²) in [6, 6.07) is 0. The standard InChI is InChI=1S/C14H22N2O/c1-10-5-6-12-13(8-10)16-14(15-12)9-11-4-2-3-7-17-11/h10-11H,2-9H2,1H3,(H,15,16). The van der Waals surface area contributed by atoms with E-state index in [9.17, 15) is 0 Å². The predicted octanol–water partition coefficient (Wildman–Crippen LogP) is 2.65. The Bertz CT molecular complexity index is 380. The van der Waals surface area contributed by atoms with Crippen molar-refractivity contribution in [3.05, 3.63) is 17.2 Å². The monoisotopic (exact) mass is 234 g/mol. The first-order chi connectivity index (χ1) is 8.31. The number of fused-ring (bicyclic) bond motifs is 1. The van der Waals surface area contributed by atoms with Crippen LogP contribution in [0.1, 0.15) is 49.8 Å². The minimum absolute atomic E-state index is 0.397. The molecule has 2 heterocycles. The molecule has 94 valence electrons. The van der Waals surface area contributed by atoms with Crippen LogP contribution in [0.25, 0.3) is 0 Å². The van der Waals surface area contributed by atoms with Crippen molar-refractivity contribution in [1.82, 2.24) is 9.97 Å². The van der Waals surface area contributed by atoms with Crippen LogP contribution in [0.2, 0.25) is 0 Å². The largest absolute Gasteiger partial charge is 0.378 e. The van der Waals surface area contributed by atoms with Crippen LogP contribution in [0.4, 0.5) is 0 Å². The molecule has 0 radical (unpaired) electrons. The number of hydrogen-bond donors (Lipinski definition) is 1. The minimum Gasteiger partial charge on any atom is -0.378 e. The minimum atomic E-state index is 0.397. The normalized spacial score (nSPS) is 29.0. The number of imidazole rings is 1. The molecule has 2 aliphatic rings. The van der Waals surface area contributed by atoms with Gasteiger partial charge in [-0.25, -0.2) is 4.98 Å². The van der Waals surface area contributed by atoms with Crippen LogP contribution in [-0.4, -0.2) is 22.7 Å². The van der Waals surface area contributed by atoms with Gasteiger partial charge in [-0.3, -0.25) is 0 Å². The molecule has 0 spiro atoms. The first kappa shape index (κ1) is 11.3. The molecule has 1 fully saturated rings. The van der Waals surface area contributed by atoms with E-state index in [1.54, 1.807) is 0 Å². The van der Waals surface area contributed by atoms with Crippen LogP contribution < -0.4 is 0 Å². The highest BCUT2D eigenvalue weighted by molar-refractivity contribution is 5.18. The lowest BCUT2D eigenvalue weighted by atomic mass is 9.92. The molecule has 1 aliphatic carbocycles. The van der Waals surface area contributed by atoms with Gasteiger partial charge in [-0.15, -0.1) is 0 Å². The highest BCUT2D eigenvalue weighted by Gasteiger charge is 2.21. The maximum atomic E-state index is 5.78. The van der Waals surface area contributed by atoms with Gasteiger partial charge in [0, 0.05) is 18.7 Å². The zero-order chi connectivity index (χ0) is 11.7. The second-order valence-corrected chi connectivity index (χ2v) is 5.65. The zero-order valence-electron chi connectivity index (χ0n) is 10.7. The Morgan fingerprint density at radius 2 is 2.29 bits per heavy atom. The van der Waals surface area contributed by atoms with Crippen LogP contribution in [0, 0.1) is 5.92 Å². The Kier molecular flexibility index (Phi) is 3.19. The summed E-state index contributed by atoms with van der Waals surface area (Å²) >= 11 is 0. The van der Waals surface area contributed by atoms with E-state index in [1.807, 2.05) is 0 Å². The number of aryl methyl sites for hydroxylation is 1. The van der Waals surface area contributed by atoms with E-state index in [0.29, 0.717) is 6.10 Å². The summed E-state index contributed by atoms with van der Waals surface area (Å²) in [4.78, 5) is 8.26. The van der Waals surface area contributed by atoms with E-state index in [4.69, 9.17) is 9.72 Å². The van der Waals surface area contributed by atoms with Crippen LogP contribution >= 0.6 is 0 Å². The van der Waals surface area contributed by atoms with Crippen molar-refractivity contribution < 1.29 is 4.74 Å². The van der Waals surface area contributed by atoms with E-state index >= 15 is 0 Å². The molecule has 2 atom stereocenters. The third kappa shape index (κ3) is 2.54. The molecule has 3 heteroatoms. The lowest BCUT2D eigenvalue weighted by Gasteiger charge is -2.21. The van der Waals surface area contributed by atoms with Crippen molar-refractivity contribution >= 4 is 0 Å². The average Bonchev–Trinajstić information content (AvgIpc) is 2.71. The van der Waals surface area contributed by atoms with Gasteiger partial charge in [-0.05, 0) is 44.4 Å². The molecule has 1 N–H and O–H groups in total. The molecule has 1 aromatic rings. The third-order valence-corrected chi connectivity index (χ3v) is 4.03. The molecule has 0 saturated carbocycles. The van der Waals surface area contributed by atoms with Crippen molar-refractivity contribution in [3.63, 3.8) is 0 Å². The maximum Gasteiger partial charge on any atom is 0.109 e. The van der Waals surface area contributed by atoms with E-state index in [1.165, 1.54) is 43.5 Å². The molecule has 2 unspecified atom stereocenters. The Hall–Kier alpha value is -0.830. The van der Waals surface area contributed by atoms with Gasteiger partial charge in [-0.2, -0.15) is 0 Å². The number of H-pyrrole nitrogens is 1. The van der Waals surface area contributed by atoms with E-state index in [-0.39, 0.29) is 0 Å². The zero-order valence-corrected chi connectivity index (χ0v) is 10.7. The van der Waals surface area contributed by atoms with Crippen molar-refractivity contribution in [3.8, 4) is 0 Å². The van der Waals surface area contributed by atoms with Crippen molar-refractivity contribution in [2.75, 3.05) is 6.61 Å².